The van der Waals surface area contributed by atoms with Gasteiger partial charge in [0.1, 0.15) is 5.82 Å². The first-order valence-electron chi connectivity index (χ1n) is 9.73. The molecule has 0 radical (unpaired) electrons. The Balaban J connectivity index is 1.31. The molecule has 0 bridgehead atoms. The van der Waals surface area contributed by atoms with E-state index in [0.717, 1.165) is 60.1 Å². The van der Waals surface area contributed by atoms with Crippen molar-refractivity contribution in [2.24, 2.45) is 5.92 Å². The Kier molecular flexibility index (Phi) is 8.19. The summed E-state index contributed by atoms with van der Waals surface area (Å²) < 4.78 is 12.9. The number of amides is 1. The summed E-state index contributed by atoms with van der Waals surface area (Å²) in [5, 5.41) is 3.80. The fraction of sp³-hybridized carbons (Fsp3) is 0.409. The van der Waals surface area contributed by atoms with Gasteiger partial charge in [0.15, 0.2) is 0 Å². The van der Waals surface area contributed by atoms with Crippen molar-refractivity contribution in [3.63, 3.8) is 0 Å². The van der Waals surface area contributed by atoms with Crippen molar-refractivity contribution in [2.75, 3.05) is 25.4 Å². The third kappa shape index (κ3) is 6.50. The van der Waals surface area contributed by atoms with E-state index in [1.54, 1.807) is 23.9 Å². The van der Waals surface area contributed by atoms with Gasteiger partial charge in [-0.1, -0.05) is 35.9 Å². The number of carbonyl (C=O) groups is 1. The van der Waals surface area contributed by atoms with Crippen molar-refractivity contribution in [2.45, 2.75) is 30.7 Å². The number of thioether (sulfide) groups is 1. The monoisotopic (exact) mass is 420 g/mol. The molecule has 2 aromatic carbocycles. The molecule has 0 aliphatic carbocycles. The summed E-state index contributed by atoms with van der Waals surface area (Å²) >= 11 is 7.98. The fourth-order valence-corrected chi connectivity index (χ4v) is 4.56. The zero-order chi connectivity index (χ0) is 19.8. The summed E-state index contributed by atoms with van der Waals surface area (Å²) in [5.74, 6) is 0.974. The van der Waals surface area contributed by atoms with E-state index < -0.39 is 0 Å². The fourth-order valence-electron chi connectivity index (χ4n) is 3.39. The number of carbonyl (C=O) groups excluding carboxylic acids is 1. The molecule has 1 aliphatic heterocycles. The van der Waals surface area contributed by atoms with E-state index in [1.807, 2.05) is 18.2 Å². The van der Waals surface area contributed by atoms with Gasteiger partial charge >= 0.3 is 0 Å². The van der Waals surface area contributed by atoms with Crippen LogP contribution in [0.3, 0.4) is 0 Å². The average Bonchev–Trinajstić information content (AvgIpc) is 2.72. The minimum Gasteiger partial charge on any atom is -0.352 e. The highest BCUT2D eigenvalue weighted by atomic mass is 35.5. The average molecular weight is 421 g/mol. The molecule has 0 spiro atoms. The van der Waals surface area contributed by atoms with E-state index in [9.17, 15) is 9.18 Å². The molecule has 1 N–H and O–H groups in total. The number of rotatable bonds is 8. The van der Waals surface area contributed by atoms with Crippen LogP contribution < -0.4 is 5.32 Å². The van der Waals surface area contributed by atoms with E-state index in [2.05, 4.69) is 16.3 Å². The van der Waals surface area contributed by atoms with Crippen molar-refractivity contribution in [3.8, 4) is 0 Å². The lowest BCUT2D eigenvalue weighted by atomic mass is 9.95. The molecule has 1 heterocycles. The summed E-state index contributed by atoms with van der Waals surface area (Å²) in [6.07, 6.45) is 2.90. The molecule has 0 atom stereocenters. The number of likely N-dealkylation sites (tertiary alicyclic amines) is 1. The van der Waals surface area contributed by atoms with Crippen LogP contribution in [0.4, 0.5) is 4.39 Å². The Morgan fingerprint density at radius 2 is 1.86 bits per heavy atom. The molecule has 0 unspecified atom stereocenters. The second-order valence-electron chi connectivity index (χ2n) is 7.09. The molecule has 0 aromatic heterocycles. The van der Waals surface area contributed by atoms with Crippen LogP contribution in [-0.4, -0.2) is 36.2 Å². The van der Waals surface area contributed by atoms with Crippen LogP contribution in [0.1, 0.15) is 24.8 Å². The zero-order valence-corrected chi connectivity index (χ0v) is 17.4. The van der Waals surface area contributed by atoms with Crippen molar-refractivity contribution >= 4 is 29.3 Å². The van der Waals surface area contributed by atoms with Crippen LogP contribution in [0.2, 0.25) is 5.02 Å². The van der Waals surface area contributed by atoms with Gasteiger partial charge in [-0.05, 0) is 74.5 Å². The van der Waals surface area contributed by atoms with Crippen molar-refractivity contribution in [3.05, 3.63) is 64.9 Å². The highest BCUT2D eigenvalue weighted by Crippen LogP contribution is 2.27. The third-order valence-corrected chi connectivity index (χ3v) is 6.65. The van der Waals surface area contributed by atoms with E-state index >= 15 is 0 Å². The molecule has 0 saturated carbocycles. The number of hydrogen-bond acceptors (Lipinski definition) is 3. The van der Waals surface area contributed by atoms with Crippen LogP contribution in [0.15, 0.2) is 53.4 Å². The summed E-state index contributed by atoms with van der Waals surface area (Å²) in [6, 6.07) is 14.2. The van der Waals surface area contributed by atoms with E-state index in [4.69, 9.17) is 11.6 Å². The van der Waals surface area contributed by atoms with Gasteiger partial charge in [0.25, 0.3) is 0 Å². The van der Waals surface area contributed by atoms with Gasteiger partial charge in [-0.25, -0.2) is 4.39 Å². The predicted molar refractivity (Wildman–Crippen MR) is 114 cm³/mol. The van der Waals surface area contributed by atoms with Crippen LogP contribution in [0.25, 0.3) is 0 Å². The van der Waals surface area contributed by atoms with Crippen molar-refractivity contribution < 1.29 is 9.18 Å². The SMILES string of the molecule is O=C(NCc1ccc(F)cc1)C1CCN(CCCSc2ccccc2Cl)CC1. The Bertz CT molecular complexity index is 763. The minimum atomic E-state index is -0.257. The summed E-state index contributed by atoms with van der Waals surface area (Å²) in [5.41, 5.74) is 0.920. The lowest BCUT2D eigenvalue weighted by Crippen LogP contribution is -2.40. The lowest BCUT2D eigenvalue weighted by molar-refractivity contribution is -0.126. The molecule has 6 heteroatoms. The van der Waals surface area contributed by atoms with Crippen LogP contribution in [-0.2, 0) is 11.3 Å². The molecular formula is C22H26ClFN2OS. The number of nitrogens with one attached hydrogen (secondary N) is 1. The highest BCUT2D eigenvalue weighted by Gasteiger charge is 2.24. The molecule has 28 heavy (non-hydrogen) atoms. The standard InChI is InChI=1S/C22H26ClFN2OS/c23-20-4-1-2-5-21(20)28-15-3-12-26-13-10-18(11-14-26)22(27)25-16-17-6-8-19(24)9-7-17/h1-2,4-9,18H,3,10-16H2,(H,25,27). The molecule has 1 saturated heterocycles. The first kappa shape index (κ1) is 21.2. The smallest absolute Gasteiger partial charge is 0.223 e. The first-order valence-corrected chi connectivity index (χ1v) is 11.1. The van der Waals surface area contributed by atoms with Gasteiger partial charge in [0.05, 0.1) is 5.02 Å². The van der Waals surface area contributed by atoms with E-state index in [-0.39, 0.29) is 17.6 Å². The van der Waals surface area contributed by atoms with Gasteiger partial charge in [-0.2, -0.15) is 0 Å². The van der Waals surface area contributed by atoms with E-state index in [0.29, 0.717) is 6.54 Å². The Hall–Kier alpha value is -1.56. The molecule has 1 aliphatic rings. The topological polar surface area (TPSA) is 32.3 Å². The first-order chi connectivity index (χ1) is 13.6. The maximum atomic E-state index is 12.9. The third-order valence-electron chi connectivity index (χ3n) is 5.05. The molecule has 2 aromatic rings. The van der Waals surface area contributed by atoms with Gasteiger partial charge in [0.2, 0.25) is 5.91 Å². The molecule has 1 amide bonds. The van der Waals surface area contributed by atoms with Gasteiger partial charge in [-0.15, -0.1) is 11.8 Å². The quantitative estimate of drug-likeness (QED) is 0.482. The van der Waals surface area contributed by atoms with Gasteiger partial charge in [0, 0.05) is 17.4 Å². The van der Waals surface area contributed by atoms with Gasteiger partial charge in [-0.3, -0.25) is 4.79 Å². The maximum Gasteiger partial charge on any atom is 0.223 e. The Morgan fingerprint density at radius 1 is 1.14 bits per heavy atom. The largest absolute Gasteiger partial charge is 0.352 e. The second kappa shape index (κ2) is 10.8. The number of hydrogen-bond donors (Lipinski definition) is 1. The Morgan fingerprint density at radius 3 is 2.57 bits per heavy atom. The molecule has 1 fully saturated rings. The minimum absolute atomic E-state index is 0.0780. The maximum absolute atomic E-state index is 12.9. The number of benzene rings is 2. The van der Waals surface area contributed by atoms with E-state index in [1.165, 1.54) is 12.1 Å². The number of halogens is 2. The summed E-state index contributed by atoms with van der Waals surface area (Å²) in [6.45, 7) is 3.44. The summed E-state index contributed by atoms with van der Waals surface area (Å²) in [7, 11) is 0. The van der Waals surface area contributed by atoms with Crippen molar-refractivity contribution in [1.82, 2.24) is 10.2 Å². The Labute approximate surface area is 175 Å². The second-order valence-corrected chi connectivity index (χ2v) is 8.64. The molecule has 3 rings (SSSR count). The molecule has 150 valence electrons. The number of piperidine rings is 1. The number of nitrogens with zero attached hydrogens (tertiary/aromatic N) is 1. The van der Waals surface area contributed by atoms with Gasteiger partial charge < -0.3 is 10.2 Å². The normalized spacial score (nSPS) is 15.5. The lowest BCUT2D eigenvalue weighted by Gasteiger charge is -2.31. The van der Waals surface area contributed by atoms with Crippen LogP contribution in [0.5, 0.6) is 0 Å². The molecular weight excluding hydrogens is 395 g/mol. The van der Waals surface area contributed by atoms with Crippen LogP contribution in [0, 0.1) is 11.7 Å². The summed E-state index contributed by atoms with van der Waals surface area (Å²) in [4.78, 5) is 16.0. The molecule has 3 nitrogen and oxygen atoms in total. The highest BCUT2D eigenvalue weighted by molar-refractivity contribution is 7.99. The predicted octanol–water partition coefficient (Wildman–Crippen LogP) is 4.99. The van der Waals surface area contributed by atoms with Crippen LogP contribution >= 0.6 is 23.4 Å². The van der Waals surface area contributed by atoms with Crippen molar-refractivity contribution in [1.29, 1.82) is 0 Å². The zero-order valence-electron chi connectivity index (χ0n) is 15.9.